The Hall–Kier alpha value is -6.35. The molecule has 9 nitrogen and oxygen atoms in total. The molecule has 52 heavy (non-hydrogen) atoms. The molecule has 0 aliphatic heterocycles. The number of hydrogen-bond donors (Lipinski definition) is 1. The van der Waals surface area contributed by atoms with Crippen LogP contribution in [0.15, 0.2) is 128 Å². The number of fused-ring (bicyclic) bond motifs is 1. The third-order valence-corrected chi connectivity index (χ3v) is 8.66. The molecule has 1 atom stereocenters. The van der Waals surface area contributed by atoms with Crippen LogP contribution in [0.3, 0.4) is 0 Å². The maximum atomic E-state index is 14.8. The number of pyridine rings is 1. The largest absolute Gasteiger partial charge is 0.507 e. The number of aromatic nitrogens is 1. The number of hydrogen-bond acceptors (Lipinski definition) is 8. The Labute approximate surface area is 302 Å². The van der Waals surface area contributed by atoms with Crippen LogP contribution >= 0.6 is 0 Å². The Balaban J connectivity index is 1.53. The fraction of sp³-hybridized carbons (Fsp3) is 0.186. The van der Waals surface area contributed by atoms with Gasteiger partial charge in [0.05, 0.1) is 31.8 Å². The molecule has 1 unspecified atom stereocenters. The maximum Gasteiger partial charge on any atom is 0.372 e. The summed E-state index contributed by atoms with van der Waals surface area (Å²) in [6.45, 7) is 2.39. The van der Waals surface area contributed by atoms with Gasteiger partial charge in [0.2, 0.25) is 12.2 Å². The van der Waals surface area contributed by atoms with E-state index in [0.717, 1.165) is 16.5 Å². The number of aromatic hydroxyl groups is 1. The minimum Gasteiger partial charge on any atom is -0.507 e. The quantitative estimate of drug-likeness (QED) is 0.0665. The lowest BCUT2D eigenvalue weighted by Crippen LogP contribution is -2.45. The first kappa shape index (κ1) is 35.5. The molecule has 1 N–H and O–H groups in total. The van der Waals surface area contributed by atoms with Crippen molar-refractivity contribution < 1.29 is 42.9 Å². The highest BCUT2D eigenvalue weighted by atomic mass is 16.5. The van der Waals surface area contributed by atoms with Gasteiger partial charge >= 0.3 is 5.97 Å². The van der Waals surface area contributed by atoms with E-state index in [-0.39, 0.29) is 24.5 Å². The highest BCUT2D eigenvalue weighted by molar-refractivity contribution is 6.06. The molecule has 0 bridgehead atoms. The highest BCUT2D eigenvalue weighted by Crippen LogP contribution is 2.41. The summed E-state index contributed by atoms with van der Waals surface area (Å²) in [5.74, 6) is -0.223. The second kappa shape index (κ2) is 16.6. The molecule has 6 aromatic rings. The fourth-order valence-corrected chi connectivity index (χ4v) is 6.14. The monoisotopic (exact) mass is 698 g/mol. The summed E-state index contributed by atoms with van der Waals surface area (Å²) in [5, 5.41) is 12.3. The Morgan fingerprint density at radius 2 is 1.31 bits per heavy atom. The van der Waals surface area contributed by atoms with E-state index in [1.807, 2.05) is 78.9 Å². The Bertz CT molecular complexity index is 2170. The number of methoxy groups -OCH3 is 2. The average Bonchev–Trinajstić information content (AvgIpc) is 3.17. The van der Waals surface area contributed by atoms with Crippen molar-refractivity contribution in [1.82, 2.24) is 0 Å². The van der Waals surface area contributed by atoms with Crippen LogP contribution in [0.5, 0.6) is 28.7 Å². The van der Waals surface area contributed by atoms with Crippen molar-refractivity contribution in [3.63, 3.8) is 0 Å². The zero-order valence-electron chi connectivity index (χ0n) is 29.3. The van der Waals surface area contributed by atoms with E-state index < -0.39 is 17.7 Å². The van der Waals surface area contributed by atoms with E-state index in [1.54, 1.807) is 61.2 Å². The van der Waals surface area contributed by atoms with Crippen LogP contribution in [0.4, 0.5) is 0 Å². The first-order valence-corrected chi connectivity index (χ1v) is 16.9. The van der Waals surface area contributed by atoms with Gasteiger partial charge in [-0.3, -0.25) is 4.79 Å². The van der Waals surface area contributed by atoms with Crippen LogP contribution in [-0.4, -0.2) is 37.7 Å². The Kier molecular flexibility index (Phi) is 11.3. The molecule has 0 aliphatic rings. The molecule has 1 heterocycles. The number of esters is 1. The number of para-hydroxylation sites is 1. The molecule has 0 saturated carbocycles. The van der Waals surface area contributed by atoms with Gasteiger partial charge in [0.25, 0.3) is 0 Å². The van der Waals surface area contributed by atoms with Gasteiger partial charge in [-0.25, -0.2) is 4.79 Å². The first-order valence-electron chi connectivity index (χ1n) is 16.9. The molecule has 0 radical (unpaired) electrons. The summed E-state index contributed by atoms with van der Waals surface area (Å²) in [7, 11) is 3.09. The number of benzene rings is 5. The summed E-state index contributed by atoms with van der Waals surface area (Å²) in [4.78, 5) is 27.9. The van der Waals surface area contributed by atoms with Gasteiger partial charge in [0.15, 0.2) is 35.0 Å². The fourth-order valence-electron chi connectivity index (χ4n) is 6.14. The summed E-state index contributed by atoms with van der Waals surface area (Å²) >= 11 is 0. The van der Waals surface area contributed by atoms with Gasteiger partial charge in [-0.15, -0.1) is 0 Å². The normalized spacial score (nSPS) is 11.4. The van der Waals surface area contributed by atoms with Crippen molar-refractivity contribution in [2.24, 2.45) is 0 Å². The molecule has 9 heteroatoms. The number of rotatable bonds is 15. The van der Waals surface area contributed by atoms with Gasteiger partial charge in [-0.1, -0.05) is 78.9 Å². The van der Waals surface area contributed by atoms with E-state index in [0.29, 0.717) is 52.9 Å². The van der Waals surface area contributed by atoms with Gasteiger partial charge in [0, 0.05) is 6.07 Å². The summed E-state index contributed by atoms with van der Waals surface area (Å²) in [6, 6.07) is 36.8. The molecule has 6 rings (SSSR count). The van der Waals surface area contributed by atoms with Crippen LogP contribution in [0.25, 0.3) is 10.8 Å². The molecule has 0 fully saturated rings. The lowest BCUT2D eigenvalue weighted by atomic mass is 9.84. The first-order chi connectivity index (χ1) is 25.4. The van der Waals surface area contributed by atoms with Crippen LogP contribution < -0.4 is 23.5 Å². The molecular weight excluding hydrogens is 658 g/mol. The third-order valence-electron chi connectivity index (χ3n) is 8.66. The number of Topliss-reactive ketones (excluding diaryl/α,β-unsaturated/α-hetero) is 1. The van der Waals surface area contributed by atoms with Crippen molar-refractivity contribution in [2.75, 3.05) is 20.8 Å². The number of ether oxygens (including phenoxy) is 5. The molecule has 264 valence electrons. The minimum absolute atomic E-state index is 0.116. The highest BCUT2D eigenvalue weighted by Gasteiger charge is 2.37. The lowest BCUT2D eigenvalue weighted by Gasteiger charge is -2.20. The summed E-state index contributed by atoms with van der Waals surface area (Å²) < 4.78 is 31.1. The number of ketones is 1. The summed E-state index contributed by atoms with van der Waals surface area (Å²) in [6.07, 6.45) is 1.75. The minimum atomic E-state index is -1.04. The molecule has 5 aromatic carbocycles. The summed E-state index contributed by atoms with van der Waals surface area (Å²) in [5.41, 5.74) is 3.12. The standard InChI is InChI=1S/C43H39NO8/c1-4-50-40(46)26-44-22-21-31-23-39(52-28-30-15-9-6-10-16-30)38(49-3)25-34(31)42(44)41(43(47)33-17-11-12-18-35(33)45)32-19-20-36(37(24-32)48-2)51-27-29-13-7-5-8-14-29/h5-25,41H,4,26-28H2,1-3H3/p+1. The molecular formula is C43H40NO8+. The van der Waals surface area contributed by atoms with Gasteiger partial charge in [-0.05, 0) is 65.4 Å². The Morgan fingerprint density at radius 1 is 0.692 bits per heavy atom. The molecule has 0 saturated heterocycles. The third kappa shape index (κ3) is 8.00. The lowest BCUT2D eigenvalue weighted by molar-refractivity contribution is -0.692. The van der Waals surface area contributed by atoms with Crippen LogP contribution in [0.1, 0.15) is 45.6 Å². The maximum absolute atomic E-state index is 14.8. The van der Waals surface area contributed by atoms with Crippen molar-refractivity contribution in [1.29, 1.82) is 0 Å². The van der Waals surface area contributed by atoms with Crippen LogP contribution in [-0.2, 0) is 29.3 Å². The van der Waals surface area contributed by atoms with E-state index in [2.05, 4.69) is 0 Å². The van der Waals surface area contributed by atoms with Gasteiger partial charge in [0.1, 0.15) is 24.9 Å². The van der Waals surface area contributed by atoms with Crippen molar-refractivity contribution in [3.05, 3.63) is 155 Å². The van der Waals surface area contributed by atoms with E-state index in [4.69, 9.17) is 23.7 Å². The predicted molar refractivity (Wildman–Crippen MR) is 196 cm³/mol. The van der Waals surface area contributed by atoms with Crippen LogP contribution in [0, 0.1) is 0 Å². The van der Waals surface area contributed by atoms with Crippen LogP contribution in [0.2, 0.25) is 0 Å². The second-order valence-electron chi connectivity index (χ2n) is 12.0. The molecule has 0 aliphatic carbocycles. The van der Waals surface area contributed by atoms with Crippen molar-refractivity contribution >= 4 is 22.5 Å². The Morgan fingerprint density at radius 3 is 1.94 bits per heavy atom. The predicted octanol–water partition coefficient (Wildman–Crippen LogP) is 7.59. The van der Waals surface area contributed by atoms with E-state index in [9.17, 15) is 14.7 Å². The SMILES string of the molecule is CCOC(=O)C[n+]1ccc2cc(OCc3ccccc3)c(OC)cc2c1C(C(=O)c1ccccc1O)c1ccc(OCc2ccccc2)c(OC)c1. The van der Waals surface area contributed by atoms with Crippen molar-refractivity contribution in [3.8, 4) is 28.7 Å². The number of nitrogens with zero attached hydrogens (tertiary/aromatic N) is 1. The number of phenolic OH excluding ortho intramolecular Hbond substituents is 1. The smallest absolute Gasteiger partial charge is 0.372 e. The average molecular weight is 699 g/mol. The van der Waals surface area contributed by atoms with Crippen molar-refractivity contribution in [2.45, 2.75) is 32.6 Å². The molecule has 0 spiro atoms. The van der Waals surface area contributed by atoms with E-state index >= 15 is 0 Å². The second-order valence-corrected chi connectivity index (χ2v) is 12.0. The number of carbonyl (C=O) groups excluding carboxylic acids is 2. The van der Waals surface area contributed by atoms with E-state index in [1.165, 1.54) is 13.2 Å². The topological polar surface area (TPSA) is 104 Å². The van der Waals surface area contributed by atoms with Gasteiger partial charge in [-0.2, -0.15) is 4.57 Å². The molecule has 1 aromatic heterocycles. The number of phenols is 1. The number of carbonyl (C=O) groups is 2. The van der Waals surface area contributed by atoms with Gasteiger partial charge < -0.3 is 28.8 Å². The zero-order chi connectivity index (χ0) is 36.5. The molecule has 0 amide bonds. The zero-order valence-corrected chi connectivity index (χ0v) is 29.3.